The van der Waals surface area contributed by atoms with Gasteiger partial charge in [-0.25, -0.2) is 0 Å². The molecular formula is C12H12N4S. The van der Waals surface area contributed by atoms with Crippen molar-refractivity contribution >= 4 is 16.5 Å². The summed E-state index contributed by atoms with van der Waals surface area (Å²) in [5.41, 5.74) is 2.48. The minimum atomic E-state index is 0.649. The lowest BCUT2D eigenvalue weighted by Gasteiger charge is -2.03. The Labute approximate surface area is 104 Å². The number of anilines is 1. The van der Waals surface area contributed by atoms with Crippen LogP contribution in [-0.2, 0) is 6.42 Å². The molecule has 0 radical (unpaired) electrons. The number of rotatable bonds is 4. The molecule has 0 bridgehead atoms. The topological polar surface area (TPSA) is 61.6 Å². The predicted molar refractivity (Wildman–Crippen MR) is 68.0 cm³/mol. The van der Waals surface area contributed by atoms with E-state index in [1.54, 1.807) is 6.20 Å². The third-order valence-electron chi connectivity index (χ3n) is 2.37. The van der Waals surface area contributed by atoms with Gasteiger partial charge in [-0.05, 0) is 30.6 Å². The zero-order valence-electron chi connectivity index (χ0n) is 9.47. The van der Waals surface area contributed by atoms with Crippen molar-refractivity contribution in [3.63, 3.8) is 0 Å². The van der Waals surface area contributed by atoms with Gasteiger partial charge in [-0.2, -0.15) is 9.64 Å². The van der Waals surface area contributed by atoms with E-state index in [4.69, 9.17) is 5.26 Å². The SMILES string of the molecule is Cc1nsc(NCCc2ccccn2)c1C#N. The summed E-state index contributed by atoms with van der Waals surface area (Å²) < 4.78 is 4.15. The Kier molecular flexibility index (Phi) is 3.68. The van der Waals surface area contributed by atoms with Gasteiger partial charge >= 0.3 is 0 Å². The molecule has 2 heterocycles. The molecule has 17 heavy (non-hydrogen) atoms. The molecule has 0 spiro atoms. The van der Waals surface area contributed by atoms with E-state index in [2.05, 4.69) is 20.7 Å². The zero-order valence-corrected chi connectivity index (χ0v) is 10.3. The van der Waals surface area contributed by atoms with Crippen molar-refractivity contribution in [3.05, 3.63) is 41.3 Å². The Bertz CT molecular complexity index is 527. The second-order valence-corrected chi connectivity index (χ2v) is 4.36. The number of aromatic nitrogens is 2. The molecule has 0 aliphatic carbocycles. The maximum Gasteiger partial charge on any atom is 0.127 e. The standard InChI is InChI=1S/C12H12N4S/c1-9-11(8-13)12(17-16-9)15-7-5-10-4-2-3-6-14-10/h2-4,6,15H,5,7H2,1H3. The Morgan fingerprint density at radius 2 is 2.35 bits per heavy atom. The van der Waals surface area contributed by atoms with Crippen molar-refractivity contribution in [2.75, 3.05) is 11.9 Å². The molecule has 0 amide bonds. The number of nitrogens with zero attached hydrogens (tertiary/aromatic N) is 3. The maximum absolute atomic E-state index is 8.97. The fourth-order valence-electron chi connectivity index (χ4n) is 1.47. The zero-order chi connectivity index (χ0) is 12.1. The predicted octanol–water partition coefficient (Wildman–Crippen LogP) is 2.37. The molecule has 0 atom stereocenters. The van der Waals surface area contributed by atoms with Crippen LogP contribution in [0, 0.1) is 18.3 Å². The van der Waals surface area contributed by atoms with E-state index in [0.29, 0.717) is 5.56 Å². The summed E-state index contributed by atoms with van der Waals surface area (Å²) in [7, 11) is 0. The average molecular weight is 244 g/mol. The molecule has 0 aliphatic rings. The Morgan fingerprint density at radius 3 is 3.06 bits per heavy atom. The Balaban J connectivity index is 1.93. The Hall–Kier alpha value is -1.93. The lowest BCUT2D eigenvalue weighted by molar-refractivity contribution is 0.964. The molecule has 0 saturated carbocycles. The summed E-state index contributed by atoms with van der Waals surface area (Å²) in [4.78, 5) is 4.24. The third kappa shape index (κ3) is 2.80. The molecule has 2 aromatic heterocycles. The minimum absolute atomic E-state index is 0.649. The van der Waals surface area contributed by atoms with E-state index < -0.39 is 0 Å². The third-order valence-corrected chi connectivity index (χ3v) is 3.26. The van der Waals surface area contributed by atoms with Crippen LogP contribution in [0.4, 0.5) is 5.00 Å². The van der Waals surface area contributed by atoms with Crippen molar-refractivity contribution in [1.29, 1.82) is 5.26 Å². The van der Waals surface area contributed by atoms with Crippen LogP contribution in [0.2, 0.25) is 0 Å². The normalized spacial score (nSPS) is 9.88. The van der Waals surface area contributed by atoms with Gasteiger partial charge in [-0.15, -0.1) is 0 Å². The van der Waals surface area contributed by atoms with E-state index in [-0.39, 0.29) is 0 Å². The van der Waals surface area contributed by atoms with Crippen molar-refractivity contribution < 1.29 is 0 Å². The van der Waals surface area contributed by atoms with Crippen molar-refractivity contribution in [3.8, 4) is 6.07 Å². The first-order chi connectivity index (χ1) is 8.31. The first-order valence-electron chi connectivity index (χ1n) is 5.31. The first-order valence-corrected chi connectivity index (χ1v) is 6.08. The second kappa shape index (κ2) is 5.41. The van der Waals surface area contributed by atoms with E-state index in [0.717, 1.165) is 29.4 Å². The van der Waals surface area contributed by atoms with Crippen molar-refractivity contribution in [1.82, 2.24) is 9.36 Å². The van der Waals surface area contributed by atoms with Crippen LogP contribution in [-0.4, -0.2) is 15.9 Å². The molecule has 0 aromatic carbocycles. The molecule has 0 saturated heterocycles. The largest absolute Gasteiger partial charge is 0.374 e. The van der Waals surface area contributed by atoms with Crippen LogP contribution < -0.4 is 5.32 Å². The van der Waals surface area contributed by atoms with Crippen LogP contribution in [0.1, 0.15) is 17.0 Å². The van der Waals surface area contributed by atoms with E-state index in [1.807, 2.05) is 25.1 Å². The molecule has 0 unspecified atom stereocenters. The van der Waals surface area contributed by atoms with Gasteiger partial charge in [0, 0.05) is 24.9 Å². The highest BCUT2D eigenvalue weighted by atomic mass is 32.1. The quantitative estimate of drug-likeness (QED) is 0.897. The van der Waals surface area contributed by atoms with Gasteiger partial charge in [0.05, 0.1) is 5.69 Å². The highest BCUT2D eigenvalue weighted by Gasteiger charge is 2.08. The summed E-state index contributed by atoms with van der Waals surface area (Å²) in [6.45, 7) is 2.60. The van der Waals surface area contributed by atoms with Crippen LogP contribution in [0.15, 0.2) is 24.4 Å². The molecule has 2 aromatic rings. The fourth-order valence-corrected chi connectivity index (χ4v) is 2.24. The van der Waals surface area contributed by atoms with Gasteiger partial charge in [0.1, 0.15) is 16.6 Å². The molecule has 4 nitrogen and oxygen atoms in total. The van der Waals surface area contributed by atoms with Gasteiger partial charge in [-0.1, -0.05) is 6.07 Å². The number of hydrogen-bond donors (Lipinski definition) is 1. The molecule has 2 rings (SSSR count). The first kappa shape index (κ1) is 11.6. The molecule has 0 aliphatic heterocycles. The molecule has 1 N–H and O–H groups in total. The number of pyridine rings is 1. The summed E-state index contributed by atoms with van der Waals surface area (Å²) >= 11 is 1.33. The molecule has 5 heteroatoms. The fraction of sp³-hybridized carbons (Fsp3) is 0.250. The molecular weight excluding hydrogens is 232 g/mol. The average Bonchev–Trinajstić information content (AvgIpc) is 2.71. The lowest BCUT2D eigenvalue weighted by Crippen LogP contribution is -2.05. The Morgan fingerprint density at radius 1 is 1.47 bits per heavy atom. The van der Waals surface area contributed by atoms with Crippen LogP contribution in [0.25, 0.3) is 0 Å². The summed E-state index contributed by atoms with van der Waals surface area (Å²) in [5, 5.41) is 13.0. The number of nitrogens with one attached hydrogen (secondary N) is 1. The minimum Gasteiger partial charge on any atom is -0.374 e. The number of aryl methyl sites for hydroxylation is 1. The number of nitriles is 1. The summed E-state index contributed by atoms with van der Waals surface area (Å²) in [5.74, 6) is 0. The highest BCUT2D eigenvalue weighted by Crippen LogP contribution is 2.22. The smallest absolute Gasteiger partial charge is 0.127 e. The van der Waals surface area contributed by atoms with Gasteiger partial charge in [0.25, 0.3) is 0 Å². The van der Waals surface area contributed by atoms with Gasteiger partial charge < -0.3 is 5.32 Å². The van der Waals surface area contributed by atoms with Crippen LogP contribution >= 0.6 is 11.5 Å². The lowest BCUT2D eigenvalue weighted by atomic mass is 10.2. The molecule has 86 valence electrons. The van der Waals surface area contributed by atoms with Crippen molar-refractivity contribution in [2.24, 2.45) is 0 Å². The van der Waals surface area contributed by atoms with Gasteiger partial charge in [0.2, 0.25) is 0 Å². The van der Waals surface area contributed by atoms with Crippen LogP contribution in [0.3, 0.4) is 0 Å². The van der Waals surface area contributed by atoms with Crippen molar-refractivity contribution in [2.45, 2.75) is 13.3 Å². The molecule has 0 fully saturated rings. The van der Waals surface area contributed by atoms with E-state index in [1.165, 1.54) is 11.5 Å². The second-order valence-electron chi connectivity index (χ2n) is 3.58. The van der Waals surface area contributed by atoms with Gasteiger partial charge in [-0.3, -0.25) is 4.98 Å². The highest BCUT2D eigenvalue weighted by molar-refractivity contribution is 7.10. The van der Waals surface area contributed by atoms with Crippen LogP contribution in [0.5, 0.6) is 0 Å². The van der Waals surface area contributed by atoms with Gasteiger partial charge in [0.15, 0.2) is 0 Å². The number of hydrogen-bond acceptors (Lipinski definition) is 5. The maximum atomic E-state index is 8.97. The monoisotopic (exact) mass is 244 g/mol. The summed E-state index contributed by atoms with van der Waals surface area (Å²) in [6.07, 6.45) is 2.62. The van der Waals surface area contributed by atoms with E-state index in [9.17, 15) is 0 Å². The summed E-state index contributed by atoms with van der Waals surface area (Å²) in [6, 6.07) is 8.03. The van der Waals surface area contributed by atoms with E-state index >= 15 is 0 Å².